The number of rotatable bonds is 7. The van der Waals surface area contributed by atoms with Crippen LogP contribution in [0.1, 0.15) is 12.5 Å². The highest BCUT2D eigenvalue weighted by molar-refractivity contribution is 7.86. The molecule has 94 valence electrons. The van der Waals surface area contributed by atoms with Gasteiger partial charge >= 0.3 is 5.97 Å². The first kappa shape index (κ1) is 13.9. The molecular weight excluding hydrogens is 240 g/mol. The van der Waals surface area contributed by atoms with Gasteiger partial charge in [0.05, 0.1) is 10.8 Å². The average molecular weight is 256 g/mol. The van der Waals surface area contributed by atoms with Crippen molar-refractivity contribution in [2.45, 2.75) is 18.6 Å². The van der Waals surface area contributed by atoms with Crippen LogP contribution < -0.4 is 0 Å². The van der Waals surface area contributed by atoms with Gasteiger partial charge < -0.3 is 9.84 Å². The summed E-state index contributed by atoms with van der Waals surface area (Å²) in [5, 5.41) is 8.14. The van der Waals surface area contributed by atoms with Crippen molar-refractivity contribution in [3.05, 3.63) is 35.9 Å². The number of ether oxygens (including phenoxy) is 1. The minimum absolute atomic E-state index is 0.0275. The van der Waals surface area contributed by atoms with Gasteiger partial charge in [0.2, 0.25) is 0 Å². The van der Waals surface area contributed by atoms with Gasteiger partial charge in [-0.1, -0.05) is 30.3 Å². The lowest BCUT2D eigenvalue weighted by molar-refractivity contribution is -0.136. The van der Waals surface area contributed by atoms with Gasteiger partial charge in [-0.3, -0.25) is 9.00 Å². The molecule has 2 unspecified atom stereocenters. The molecule has 5 heteroatoms. The normalized spacial score (nSPS) is 14.2. The number of aliphatic carboxylic acids is 1. The fourth-order valence-electron chi connectivity index (χ4n) is 1.37. The summed E-state index contributed by atoms with van der Waals surface area (Å²) in [6.45, 7) is 2.22. The van der Waals surface area contributed by atoms with Crippen molar-refractivity contribution in [2.75, 3.05) is 12.5 Å². The van der Waals surface area contributed by atoms with E-state index in [1.807, 2.05) is 30.3 Å². The standard InChI is InChI=1S/C12H16O4S/c1-2-16-9-17(15)11(12(13)14)8-10-6-4-3-5-7-10/h3-7,11H,2,8-9H2,1H3,(H,13,14). The lowest BCUT2D eigenvalue weighted by Gasteiger charge is -2.12. The summed E-state index contributed by atoms with van der Waals surface area (Å²) in [5.41, 5.74) is 0.866. The van der Waals surface area contributed by atoms with Gasteiger partial charge in [-0.05, 0) is 18.9 Å². The third-order valence-electron chi connectivity index (χ3n) is 2.26. The molecule has 0 heterocycles. The summed E-state index contributed by atoms with van der Waals surface area (Å²) in [6.07, 6.45) is 0.260. The Kier molecular flexibility index (Phi) is 5.86. The zero-order chi connectivity index (χ0) is 12.7. The Hall–Kier alpha value is -1.20. The van der Waals surface area contributed by atoms with Gasteiger partial charge in [0.25, 0.3) is 0 Å². The van der Waals surface area contributed by atoms with Crippen molar-refractivity contribution >= 4 is 16.8 Å². The van der Waals surface area contributed by atoms with Crippen molar-refractivity contribution < 1.29 is 18.8 Å². The summed E-state index contributed by atoms with van der Waals surface area (Å²) in [6, 6.07) is 9.18. The molecule has 0 aliphatic carbocycles. The average Bonchev–Trinajstić information content (AvgIpc) is 2.34. The first-order chi connectivity index (χ1) is 8.15. The number of carboxylic acids is 1. The first-order valence-corrected chi connectivity index (χ1v) is 6.75. The molecule has 0 spiro atoms. The van der Waals surface area contributed by atoms with Crippen LogP contribution in [-0.2, 0) is 26.8 Å². The summed E-state index contributed by atoms with van der Waals surface area (Å²) in [7, 11) is -1.51. The fourth-order valence-corrected chi connectivity index (χ4v) is 2.47. The Labute approximate surface area is 103 Å². The van der Waals surface area contributed by atoms with Crippen LogP contribution in [0, 0.1) is 0 Å². The van der Waals surface area contributed by atoms with Crippen molar-refractivity contribution in [3.63, 3.8) is 0 Å². The number of hydrogen-bond donors (Lipinski definition) is 1. The lowest BCUT2D eigenvalue weighted by Crippen LogP contribution is -2.30. The molecule has 0 aliphatic heterocycles. The van der Waals surface area contributed by atoms with Gasteiger partial charge in [0.1, 0.15) is 11.2 Å². The van der Waals surface area contributed by atoms with Crippen molar-refractivity contribution in [2.24, 2.45) is 0 Å². The highest BCUT2D eigenvalue weighted by Crippen LogP contribution is 2.09. The zero-order valence-corrected chi connectivity index (χ0v) is 10.5. The molecule has 0 radical (unpaired) electrons. The third kappa shape index (κ3) is 4.66. The molecule has 17 heavy (non-hydrogen) atoms. The molecule has 2 atom stereocenters. The van der Waals surface area contributed by atoms with Crippen LogP contribution >= 0.6 is 0 Å². The van der Waals surface area contributed by atoms with Crippen LogP contribution in [-0.4, -0.2) is 33.1 Å². The lowest BCUT2D eigenvalue weighted by atomic mass is 10.1. The van der Waals surface area contributed by atoms with E-state index in [1.54, 1.807) is 6.92 Å². The molecule has 1 aromatic rings. The van der Waals surface area contributed by atoms with E-state index in [-0.39, 0.29) is 12.4 Å². The van der Waals surface area contributed by atoms with Gasteiger partial charge in [-0.15, -0.1) is 0 Å². The summed E-state index contributed by atoms with van der Waals surface area (Å²) < 4.78 is 16.8. The van der Waals surface area contributed by atoms with Gasteiger partial charge in [0.15, 0.2) is 0 Å². The number of hydrogen-bond acceptors (Lipinski definition) is 3. The predicted octanol–water partition coefficient (Wildman–Crippen LogP) is 1.43. The quantitative estimate of drug-likeness (QED) is 0.801. The van der Waals surface area contributed by atoms with E-state index in [4.69, 9.17) is 9.84 Å². The van der Waals surface area contributed by atoms with E-state index in [1.165, 1.54) is 0 Å². The molecule has 0 saturated carbocycles. The summed E-state index contributed by atoms with van der Waals surface area (Å²) in [4.78, 5) is 11.1. The van der Waals surface area contributed by atoms with E-state index < -0.39 is 22.0 Å². The Morgan fingerprint density at radius 1 is 1.41 bits per heavy atom. The Morgan fingerprint density at radius 3 is 2.59 bits per heavy atom. The van der Waals surface area contributed by atoms with Crippen LogP contribution in [0.25, 0.3) is 0 Å². The molecule has 0 aromatic heterocycles. The largest absolute Gasteiger partial charge is 0.480 e. The first-order valence-electron chi connectivity index (χ1n) is 5.36. The van der Waals surface area contributed by atoms with E-state index in [0.29, 0.717) is 6.61 Å². The Morgan fingerprint density at radius 2 is 2.06 bits per heavy atom. The predicted molar refractivity (Wildman–Crippen MR) is 66.2 cm³/mol. The topological polar surface area (TPSA) is 63.6 Å². The van der Waals surface area contributed by atoms with Crippen LogP contribution in [0.2, 0.25) is 0 Å². The molecule has 0 amide bonds. The molecule has 0 aliphatic rings. The molecule has 0 saturated heterocycles. The van der Waals surface area contributed by atoms with Gasteiger partial charge in [-0.2, -0.15) is 0 Å². The van der Waals surface area contributed by atoms with Gasteiger partial charge in [0, 0.05) is 6.61 Å². The highest BCUT2D eigenvalue weighted by atomic mass is 32.2. The number of carboxylic acid groups (broad SMARTS) is 1. The van der Waals surface area contributed by atoms with E-state index in [0.717, 1.165) is 5.56 Å². The van der Waals surface area contributed by atoms with Crippen LogP contribution in [0.4, 0.5) is 0 Å². The summed E-state index contributed by atoms with van der Waals surface area (Å²) in [5.74, 6) is -1.08. The zero-order valence-electron chi connectivity index (χ0n) is 9.67. The molecular formula is C12H16O4S. The van der Waals surface area contributed by atoms with Crippen LogP contribution in [0.15, 0.2) is 30.3 Å². The maximum Gasteiger partial charge on any atom is 0.319 e. The van der Waals surface area contributed by atoms with Crippen molar-refractivity contribution in [1.82, 2.24) is 0 Å². The van der Waals surface area contributed by atoms with E-state index in [9.17, 15) is 9.00 Å². The highest BCUT2D eigenvalue weighted by Gasteiger charge is 2.24. The molecule has 4 nitrogen and oxygen atoms in total. The Balaban J connectivity index is 2.67. The second-order valence-electron chi connectivity index (χ2n) is 3.51. The molecule has 0 bridgehead atoms. The second kappa shape index (κ2) is 7.19. The smallest absolute Gasteiger partial charge is 0.319 e. The van der Waals surface area contributed by atoms with Crippen LogP contribution in [0.5, 0.6) is 0 Å². The monoisotopic (exact) mass is 256 g/mol. The van der Waals surface area contributed by atoms with Gasteiger partial charge in [-0.25, -0.2) is 0 Å². The second-order valence-corrected chi connectivity index (χ2v) is 5.07. The number of benzene rings is 1. The SMILES string of the molecule is CCOCS(=O)C(Cc1ccccc1)C(=O)O. The van der Waals surface area contributed by atoms with Crippen molar-refractivity contribution in [3.8, 4) is 0 Å². The third-order valence-corrected chi connectivity index (χ3v) is 3.66. The minimum atomic E-state index is -1.51. The molecule has 0 fully saturated rings. The molecule has 1 N–H and O–H groups in total. The minimum Gasteiger partial charge on any atom is -0.480 e. The molecule has 1 aromatic carbocycles. The van der Waals surface area contributed by atoms with Crippen molar-refractivity contribution in [1.29, 1.82) is 0 Å². The summed E-state index contributed by atoms with van der Waals surface area (Å²) >= 11 is 0. The van der Waals surface area contributed by atoms with E-state index in [2.05, 4.69) is 0 Å². The van der Waals surface area contributed by atoms with E-state index >= 15 is 0 Å². The fraction of sp³-hybridized carbons (Fsp3) is 0.417. The maximum absolute atomic E-state index is 11.8. The Bertz CT molecular complexity index is 377. The maximum atomic E-state index is 11.8. The number of carbonyl (C=O) groups is 1. The molecule has 1 rings (SSSR count). The van der Waals surface area contributed by atoms with Crippen LogP contribution in [0.3, 0.4) is 0 Å².